The predicted octanol–water partition coefficient (Wildman–Crippen LogP) is 5.39. The van der Waals surface area contributed by atoms with Crippen molar-refractivity contribution in [2.45, 2.75) is 51.6 Å². The lowest BCUT2D eigenvalue weighted by Gasteiger charge is -2.29. The molecule has 2 heterocycles. The Morgan fingerprint density at radius 3 is 2.47 bits per heavy atom. The second-order valence-corrected chi connectivity index (χ2v) is 9.24. The van der Waals surface area contributed by atoms with Crippen LogP contribution < -0.4 is 14.2 Å². The van der Waals surface area contributed by atoms with E-state index < -0.39 is 11.5 Å². The summed E-state index contributed by atoms with van der Waals surface area (Å²) in [6, 6.07) is 3.80. The van der Waals surface area contributed by atoms with Gasteiger partial charge in [-0.05, 0) is 32.4 Å². The van der Waals surface area contributed by atoms with Crippen molar-refractivity contribution in [3.63, 3.8) is 0 Å². The van der Waals surface area contributed by atoms with Crippen LogP contribution in [0.4, 0.5) is 0 Å². The molecule has 0 aromatic heterocycles. The van der Waals surface area contributed by atoms with E-state index in [0.29, 0.717) is 29.0 Å². The highest BCUT2D eigenvalue weighted by atomic mass is 16.5. The van der Waals surface area contributed by atoms with Crippen LogP contribution in [0.25, 0.3) is 0 Å². The molecule has 0 saturated heterocycles. The fraction of sp³-hybridized carbons (Fsp3) is 0.385. The number of benzene rings is 2. The average Bonchev–Trinajstić information content (AvgIpc) is 3.14. The maximum atomic E-state index is 11.0. The van der Waals surface area contributed by atoms with E-state index in [1.54, 1.807) is 0 Å². The fourth-order valence-corrected chi connectivity index (χ4v) is 4.40. The van der Waals surface area contributed by atoms with Gasteiger partial charge in [0.25, 0.3) is 0 Å². The molecule has 0 unspecified atom stereocenters. The van der Waals surface area contributed by atoms with Gasteiger partial charge in [-0.25, -0.2) is 0 Å². The number of fused-ring (bicyclic) bond motifs is 5. The third-order valence-electron chi connectivity index (χ3n) is 6.43. The minimum Gasteiger partial charge on any atom is -0.504 e. The second kappa shape index (κ2) is 7.69. The molecule has 4 rings (SSSR count). The molecule has 6 heteroatoms. The number of phenols is 3. The molecular weight excluding hydrogens is 408 g/mol. The Hall–Kier alpha value is -3.28. The van der Waals surface area contributed by atoms with Crippen molar-refractivity contribution < 1.29 is 29.5 Å². The van der Waals surface area contributed by atoms with E-state index in [1.165, 1.54) is 7.11 Å². The maximum Gasteiger partial charge on any atom is 0.201 e. The number of hydrogen-bond acceptors (Lipinski definition) is 6. The molecule has 0 aliphatic carbocycles. The monoisotopic (exact) mass is 438 g/mol. The summed E-state index contributed by atoms with van der Waals surface area (Å²) in [7, 11) is 1.51. The highest BCUT2D eigenvalue weighted by Gasteiger charge is 2.45. The van der Waals surface area contributed by atoms with E-state index >= 15 is 0 Å². The highest BCUT2D eigenvalue weighted by Crippen LogP contribution is 2.60. The maximum absolute atomic E-state index is 11.0. The van der Waals surface area contributed by atoms with E-state index in [4.69, 9.17) is 14.2 Å². The lowest BCUT2D eigenvalue weighted by atomic mass is 9.80. The minimum atomic E-state index is -0.469. The van der Waals surface area contributed by atoms with Crippen molar-refractivity contribution in [3.05, 3.63) is 58.7 Å². The number of phenolic OH excluding ortho intramolecular Hbond substituents is 3. The van der Waals surface area contributed by atoms with Crippen LogP contribution >= 0.6 is 0 Å². The van der Waals surface area contributed by atoms with Gasteiger partial charge in [0.05, 0.1) is 19.6 Å². The van der Waals surface area contributed by atoms with E-state index in [1.807, 2.05) is 52.0 Å². The fourth-order valence-electron chi connectivity index (χ4n) is 4.40. The van der Waals surface area contributed by atoms with Crippen LogP contribution in [0.1, 0.15) is 62.0 Å². The van der Waals surface area contributed by atoms with Gasteiger partial charge in [-0.15, -0.1) is 6.58 Å². The van der Waals surface area contributed by atoms with E-state index in [2.05, 4.69) is 6.58 Å². The van der Waals surface area contributed by atoms with Crippen LogP contribution in [0.5, 0.6) is 34.5 Å². The summed E-state index contributed by atoms with van der Waals surface area (Å²) in [5.41, 5.74) is 3.52. The van der Waals surface area contributed by atoms with Crippen LogP contribution in [-0.2, 0) is 11.8 Å². The Morgan fingerprint density at radius 1 is 1.12 bits per heavy atom. The molecule has 0 amide bonds. The molecule has 0 radical (unpaired) electrons. The molecular formula is C26H30O6. The summed E-state index contributed by atoms with van der Waals surface area (Å²) in [4.78, 5) is 0. The molecule has 2 aromatic carbocycles. The first-order valence-corrected chi connectivity index (χ1v) is 10.7. The number of rotatable bonds is 5. The standard InChI is InChI=1S/C26H30O6/c1-7-26(4,5)18-11-15-17-12-31-23-16(22(17)32-24(15)21(29)25(18)30-6)10-14(9-8-13(2)3)19(27)20(23)28/h7-8,10-11,17,22,27-29H,1,9,12H2,2-6H3/t17-,22-/m1/s1. The zero-order valence-corrected chi connectivity index (χ0v) is 19.2. The summed E-state index contributed by atoms with van der Waals surface area (Å²) in [6.45, 7) is 12.1. The van der Waals surface area contributed by atoms with Gasteiger partial charge in [0, 0.05) is 27.7 Å². The Labute approximate surface area is 188 Å². The normalized spacial score (nSPS) is 18.5. The Kier molecular flexibility index (Phi) is 5.27. The first kappa shape index (κ1) is 21.9. The van der Waals surface area contributed by atoms with Gasteiger partial charge in [-0.1, -0.05) is 31.6 Å². The van der Waals surface area contributed by atoms with Crippen molar-refractivity contribution in [1.29, 1.82) is 0 Å². The summed E-state index contributed by atoms with van der Waals surface area (Å²) in [5.74, 6) is 0.215. The molecule has 2 aromatic rings. The quantitative estimate of drug-likeness (QED) is 0.428. The first-order valence-electron chi connectivity index (χ1n) is 10.7. The Balaban J connectivity index is 1.85. The summed E-state index contributed by atoms with van der Waals surface area (Å²) < 4.78 is 17.7. The molecule has 2 aliphatic heterocycles. The zero-order chi connectivity index (χ0) is 23.4. The molecule has 0 saturated carbocycles. The van der Waals surface area contributed by atoms with E-state index in [0.717, 1.165) is 16.7 Å². The lowest BCUT2D eigenvalue weighted by molar-refractivity contribution is 0.133. The van der Waals surface area contributed by atoms with E-state index in [9.17, 15) is 15.3 Å². The van der Waals surface area contributed by atoms with Crippen LogP contribution in [0.15, 0.2) is 36.4 Å². The molecule has 2 aliphatic rings. The van der Waals surface area contributed by atoms with Gasteiger partial charge in [0.2, 0.25) is 11.5 Å². The largest absolute Gasteiger partial charge is 0.504 e. The number of hydrogen-bond donors (Lipinski definition) is 3. The van der Waals surface area contributed by atoms with Crippen molar-refractivity contribution in [2.24, 2.45) is 0 Å². The molecule has 0 fully saturated rings. The average molecular weight is 439 g/mol. The summed E-state index contributed by atoms with van der Waals surface area (Å²) in [5, 5.41) is 32.1. The highest BCUT2D eigenvalue weighted by molar-refractivity contribution is 5.67. The van der Waals surface area contributed by atoms with Gasteiger partial charge >= 0.3 is 0 Å². The van der Waals surface area contributed by atoms with Crippen molar-refractivity contribution >= 4 is 0 Å². The van der Waals surface area contributed by atoms with Crippen LogP contribution in [0, 0.1) is 0 Å². The Morgan fingerprint density at radius 2 is 1.84 bits per heavy atom. The van der Waals surface area contributed by atoms with Gasteiger partial charge < -0.3 is 29.5 Å². The molecule has 0 spiro atoms. The first-order chi connectivity index (χ1) is 15.1. The summed E-state index contributed by atoms with van der Waals surface area (Å²) >= 11 is 0. The van der Waals surface area contributed by atoms with Gasteiger partial charge in [0.1, 0.15) is 6.10 Å². The molecule has 0 bridgehead atoms. The van der Waals surface area contributed by atoms with E-state index in [-0.39, 0.29) is 35.5 Å². The molecule has 2 atom stereocenters. The van der Waals surface area contributed by atoms with Gasteiger partial charge in [-0.3, -0.25) is 0 Å². The van der Waals surface area contributed by atoms with Crippen LogP contribution in [-0.4, -0.2) is 29.0 Å². The van der Waals surface area contributed by atoms with Crippen molar-refractivity contribution in [1.82, 2.24) is 0 Å². The number of allylic oxidation sites excluding steroid dienone is 3. The minimum absolute atomic E-state index is 0.0568. The SMILES string of the molecule is C=CC(C)(C)c1cc2c(c(O)c1OC)O[C@@H]1c3cc(CC=C(C)C)c(O)c(O)c3OC[C@H]21. The van der Waals surface area contributed by atoms with Crippen molar-refractivity contribution in [3.8, 4) is 34.5 Å². The second-order valence-electron chi connectivity index (χ2n) is 9.24. The Bertz CT molecular complexity index is 1120. The van der Waals surface area contributed by atoms with Crippen LogP contribution in [0.3, 0.4) is 0 Å². The molecule has 6 nitrogen and oxygen atoms in total. The summed E-state index contributed by atoms with van der Waals surface area (Å²) in [6.07, 6.45) is 3.79. The number of aromatic hydroxyl groups is 3. The molecule has 3 N–H and O–H groups in total. The van der Waals surface area contributed by atoms with Gasteiger partial charge in [0.15, 0.2) is 23.0 Å². The van der Waals surface area contributed by atoms with Gasteiger partial charge in [-0.2, -0.15) is 0 Å². The lowest BCUT2D eigenvalue weighted by Crippen LogP contribution is -2.23. The zero-order valence-electron chi connectivity index (χ0n) is 19.2. The third-order valence-corrected chi connectivity index (χ3v) is 6.43. The molecule has 32 heavy (non-hydrogen) atoms. The van der Waals surface area contributed by atoms with Crippen molar-refractivity contribution in [2.75, 3.05) is 13.7 Å². The smallest absolute Gasteiger partial charge is 0.201 e. The number of ether oxygens (including phenoxy) is 3. The number of methoxy groups -OCH3 is 1. The third kappa shape index (κ3) is 3.25. The predicted molar refractivity (Wildman–Crippen MR) is 122 cm³/mol. The topological polar surface area (TPSA) is 88.4 Å². The van der Waals surface area contributed by atoms with Crippen LogP contribution in [0.2, 0.25) is 0 Å². The molecule has 170 valence electrons.